The van der Waals surface area contributed by atoms with E-state index in [-0.39, 0.29) is 35.1 Å². The summed E-state index contributed by atoms with van der Waals surface area (Å²) in [7, 11) is 0. The van der Waals surface area contributed by atoms with E-state index in [1.807, 2.05) is 12.1 Å². The van der Waals surface area contributed by atoms with E-state index in [0.29, 0.717) is 5.02 Å². The Labute approximate surface area is 165 Å². The number of hydrogen-bond acceptors (Lipinski definition) is 6. The third-order valence-corrected chi connectivity index (χ3v) is 4.27. The fourth-order valence-electron chi connectivity index (χ4n) is 2.48. The third kappa shape index (κ3) is 4.36. The summed E-state index contributed by atoms with van der Waals surface area (Å²) in [6.45, 7) is 0.286. The van der Waals surface area contributed by atoms with Crippen LogP contribution in [0.2, 0.25) is 5.02 Å². The summed E-state index contributed by atoms with van der Waals surface area (Å²) < 4.78 is 0. The van der Waals surface area contributed by atoms with Crippen LogP contribution in [0.4, 0.5) is 17.2 Å². The van der Waals surface area contributed by atoms with Gasteiger partial charge in [-0.2, -0.15) is 0 Å². The molecule has 2 aromatic carbocycles. The summed E-state index contributed by atoms with van der Waals surface area (Å²) in [5.74, 6) is -0.866. The first-order valence-electron chi connectivity index (χ1n) is 8.17. The number of hydrogen-bond donors (Lipinski definition) is 3. The zero-order valence-corrected chi connectivity index (χ0v) is 15.2. The Morgan fingerprint density at radius 3 is 2.68 bits per heavy atom. The molecule has 1 aromatic heterocycles. The van der Waals surface area contributed by atoms with Crippen molar-refractivity contribution in [2.24, 2.45) is 0 Å². The molecule has 8 nitrogen and oxygen atoms in total. The summed E-state index contributed by atoms with van der Waals surface area (Å²) in [4.78, 5) is 27.1. The van der Waals surface area contributed by atoms with Crippen molar-refractivity contribution < 1.29 is 14.8 Å². The SMILES string of the molecule is O=C(Nc1ncccc1O)c1ccc(NCc2ccccc2Cl)c([N+](=O)[O-])c1. The number of pyridine rings is 1. The zero-order valence-electron chi connectivity index (χ0n) is 14.4. The highest BCUT2D eigenvalue weighted by Crippen LogP contribution is 2.28. The van der Waals surface area contributed by atoms with E-state index in [4.69, 9.17) is 11.6 Å². The molecule has 0 aliphatic rings. The minimum absolute atomic E-state index is 0.0314. The molecule has 3 rings (SSSR count). The highest BCUT2D eigenvalue weighted by molar-refractivity contribution is 6.31. The van der Waals surface area contributed by atoms with Gasteiger partial charge < -0.3 is 15.7 Å². The Morgan fingerprint density at radius 2 is 1.96 bits per heavy atom. The average Bonchev–Trinajstić information content (AvgIpc) is 2.69. The monoisotopic (exact) mass is 398 g/mol. The number of rotatable bonds is 6. The molecule has 142 valence electrons. The van der Waals surface area contributed by atoms with Gasteiger partial charge >= 0.3 is 0 Å². The molecule has 3 N–H and O–H groups in total. The molecule has 0 saturated carbocycles. The normalized spacial score (nSPS) is 10.3. The lowest BCUT2D eigenvalue weighted by molar-refractivity contribution is -0.384. The maximum absolute atomic E-state index is 12.4. The number of nitrogens with one attached hydrogen (secondary N) is 2. The van der Waals surface area contributed by atoms with E-state index in [1.54, 1.807) is 12.1 Å². The number of carbonyl (C=O) groups excluding carboxylic acids is 1. The Balaban J connectivity index is 1.81. The number of anilines is 2. The van der Waals surface area contributed by atoms with Crippen LogP contribution >= 0.6 is 11.6 Å². The van der Waals surface area contributed by atoms with E-state index in [9.17, 15) is 20.0 Å². The van der Waals surface area contributed by atoms with Gasteiger partial charge in [-0.25, -0.2) is 4.98 Å². The van der Waals surface area contributed by atoms with Gasteiger partial charge in [0.2, 0.25) is 0 Å². The Bertz CT molecular complexity index is 1040. The first-order chi connectivity index (χ1) is 13.5. The Kier molecular flexibility index (Phi) is 5.71. The van der Waals surface area contributed by atoms with Crippen molar-refractivity contribution in [2.75, 3.05) is 10.6 Å². The quantitative estimate of drug-likeness (QED) is 0.423. The highest BCUT2D eigenvalue weighted by Gasteiger charge is 2.18. The maximum atomic E-state index is 12.4. The minimum atomic E-state index is -0.630. The van der Waals surface area contributed by atoms with Crippen molar-refractivity contribution in [3.63, 3.8) is 0 Å². The van der Waals surface area contributed by atoms with Crippen LogP contribution in [-0.4, -0.2) is 20.9 Å². The van der Waals surface area contributed by atoms with Crippen LogP contribution in [0.3, 0.4) is 0 Å². The number of benzene rings is 2. The molecule has 0 fully saturated rings. The fourth-order valence-corrected chi connectivity index (χ4v) is 2.68. The van der Waals surface area contributed by atoms with E-state index < -0.39 is 10.8 Å². The summed E-state index contributed by atoms with van der Waals surface area (Å²) in [6.07, 6.45) is 1.40. The lowest BCUT2D eigenvalue weighted by Gasteiger charge is -2.10. The molecule has 0 aliphatic carbocycles. The van der Waals surface area contributed by atoms with Crippen LogP contribution in [-0.2, 0) is 6.54 Å². The summed E-state index contributed by atoms with van der Waals surface area (Å²) >= 11 is 6.10. The van der Waals surface area contributed by atoms with Crippen molar-refractivity contribution in [1.82, 2.24) is 4.98 Å². The van der Waals surface area contributed by atoms with Crippen LogP contribution in [0, 0.1) is 10.1 Å². The van der Waals surface area contributed by atoms with Crippen molar-refractivity contribution in [3.8, 4) is 5.75 Å². The fraction of sp³-hybridized carbons (Fsp3) is 0.0526. The summed E-state index contributed by atoms with van der Waals surface area (Å²) in [5.41, 5.74) is 0.832. The van der Waals surface area contributed by atoms with Crippen molar-refractivity contribution in [1.29, 1.82) is 0 Å². The van der Waals surface area contributed by atoms with Gasteiger partial charge in [0, 0.05) is 29.4 Å². The summed E-state index contributed by atoms with van der Waals surface area (Å²) in [6, 6.07) is 14.1. The predicted molar refractivity (Wildman–Crippen MR) is 106 cm³/mol. The molecule has 1 amide bonds. The molecule has 0 aliphatic heterocycles. The van der Waals surface area contributed by atoms with E-state index in [2.05, 4.69) is 15.6 Å². The van der Waals surface area contributed by atoms with Crippen molar-refractivity contribution in [2.45, 2.75) is 6.54 Å². The van der Waals surface area contributed by atoms with Gasteiger partial charge in [0.15, 0.2) is 11.6 Å². The number of carbonyl (C=O) groups is 1. The van der Waals surface area contributed by atoms with Gasteiger partial charge in [-0.15, -0.1) is 0 Å². The maximum Gasteiger partial charge on any atom is 0.293 e. The highest BCUT2D eigenvalue weighted by atomic mass is 35.5. The molecule has 0 atom stereocenters. The lowest BCUT2D eigenvalue weighted by atomic mass is 10.1. The molecule has 0 spiro atoms. The molecule has 0 radical (unpaired) electrons. The Morgan fingerprint density at radius 1 is 1.18 bits per heavy atom. The third-order valence-electron chi connectivity index (χ3n) is 3.90. The molecule has 9 heteroatoms. The number of aromatic hydroxyl groups is 1. The first-order valence-corrected chi connectivity index (χ1v) is 8.54. The van der Waals surface area contributed by atoms with Gasteiger partial charge in [0.05, 0.1) is 4.92 Å². The standard InChI is InChI=1S/C19H15ClN4O4/c20-14-5-2-1-4-13(14)11-22-15-8-7-12(10-16(15)24(27)28)19(26)23-18-17(25)6-3-9-21-18/h1-10,22,25H,11H2,(H,21,23,26). The average molecular weight is 399 g/mol. The van der Waals surface area contributed by atoms with Crippen LogP contribution in [0.15, 0.2) is 60.8 Å². The second-order valence-electron chi connectivity index (χ2n) is 5.76. The number of nitro groups is 1. The second-order valence-corrected chi connectivity index (χ2v) is 6.17. The molecular formula is C19H15ClN4O4. The topological polar surface area (TPSA) is 117 Å². The number of aromatic nitrogens is 1. The van der Waals surface area contributed by atoms with Crippen molar-refractivity contribution in [3.05, 3.63) is 87.1 Å². The van der Waals surface area contributed by atoms with E-state index >= 15 is 0 Å². The molecule has 28 heavy (non-hydrogen) atoms. The second kappa shape index (κ2) is 8.36. The zero-order chi connectivity index (χ0) is 20.1. The lowest BCUT2D eigenvalue weighted by Crippen LogP contribution is -2.14. The van der Waals surface area contributed by atoms with Gasteiger partial charge in [0.25, 0.3) is 11.6 Å². The van der Waals surface area contributed by atoms with E-state index in [1.165, 1.54) is 30.5 Å². The van der Waals surface area contributed by atoms with Gasteiger partial charge in [-0.1, -0.05) is 29.8 Å². The number of amides is 1. The first kappa shape index (κ1) is 19.1. The molecule has 3 aromatic rings. The number of nitrogens with zero attached hydrogens (tertiary/aromatic N) is 2. The van der Waals surface area contributed by atoms with Crippen LogP contribution in [0.5, 0.6) is 5.75 Å². The minimum Gasteiger partial charge on any atom is -0.504 e. The number of nitro benzene ring substituents is 1. The van der Waals surface area contributed by atoms with Crippen LogP contribution in [0.1, 0.15) is 15.9 Å². The number of halogens is 1. The largest absolute Gasteiger partial charge is 0.504 e. The van der Waals surface area contributed by atoms with Crippen molar-refractivity contribution >= 4 is 34.7 Å². The van der Waals surface area contributed by atoms with Gasteiger partial charge in [-0.05, 0) is 35.9 Å². The van der Waals surface area contributed by atoms with Crippen LogP contribution < -0.4 is 10.6 Å². The molecule has 0 unspecified atom stereocenters. The predicted octanol–water partition coefficient (Wildman–Crippen LogP) is 4.21. The smallest absolute Gasteiger partial charge is 0.293 e. The van der Waals surface area contributed by atoms with Gasteiger partial charge in [0.1, 0.15) is 5.69 Å². The molecule has 0 bridgehead atoms. The van der Waals surface area contributed by atoms with Crippen LogP contribution in [0.25, 0.3) is 0 Å². The molecule has 0 saturated heterocycles. The molecular weight excluding hydrogens is 384 g/mol. The van der Waals surface area contributed by atoms with Gasteiger partial charge in [-0.3, -0.25) is 14.9 Å². The summed E-state index contributed by atoms with van der Waals surface area (Å²) in [5, 5.41) is 27.1. The molecule has 1 heterocycles. The Hall–Kier alpha value is -3.65. The van der Waals surface area contributed by atoms with E-state index in [0.717, 1.165) is 11.6 Å².